The number of aliphatic hydroxyl groups is 1. The Balaban J connectivity index is 2.36. The summed E-state index contributed by atoms with van der Waals surface area (Å²) in [6, 6.07) is 7.49. The zero-order valence-electron chi connectivity index (χ0n) is 10.4. The molecule has 0 spiro atoms. The molecule has 0 radical (unpaired) electrons. The first-order chi connectivity index (χ1) is 8.57. The van der Waals surface area contributed by atoms with E-state index < -0.39 is 10.0 Å². The van der Waals surface area contributed by atoms with Crippen LogP contribution < -0.4 is 9.46 Å². The van der Waals surface area contributed by atoms with E-state index in [0.29, 0.717) is 13.0 Å². The highest BCUT2D eigenvalue weighted by atomic mass is 32.2. The SMILES string of the molecule is COc1ccc(CCNS(=O)(=O)CCCO)cc1. The van der Waals surface area contributed by atoms with Crippen molar-refractivity contribution < 1.29 is 18.3 Å². The second-order valence-corrected chi connectivity index (χ2v) is 5.81. The van der Waals surface area contributed by atoms with Crippen molar-refractivity contribution in [3.05, 3.63) is 29.8 Å². The average molecular weight is 273 g/mol. The number of hydrogen-bond acceptors (Lipinski definition) is 4. The predicted molar refractivity (Wildman–Crippen MR) is 70.2 cm³/mol. The molecule has 5 nitrogen and oxygen atoms in total. The van der Waals surface area contributed by atoms with Gasteiger partial charge in [-0.05, 0) is 30.5 Å². The fourth-order valence-corrected chi connectivity index (χ4v) is 2.54. The fourth-order valence-electron chi connectivity index (χ4n) is 1.47. The lowest BCUT2D eigenvalue weighted by molar-refractivity contribution is 0.295. The van der Waals surface area contributed by atoms with Crippen LogP contribution in [0.15, 0.2) is 24.3 Å². The molecule has 0 aliphatic carbocycles. The molecule has 0 aliphatic heterocycles. The van der Waals surface area contributed by atoms with Crippen molar-refractivity contribution in [1.82, 2.24) is 4.72 Å². The highest BCUT2D eigenvalue weighted by Crippen LogP contribution is 2.11. The van der Waals surface area contributed by atoms with E-state index in [1.165, 1.54) is 0 Å². The van der Waals surface area contributed by atoms with Gasteiger partial charge in [-0.25, -0.2) is 13.1 Å². The number of rotatable bonds is 8. The van der Waals surface area contributed by atoms with E-state index >= 15 is 0 Å². The fraction of sp³-hybridized carbons (Fsp3) is 0.500. The third-order valence-corrected chi connectivity index (χ3v) is 3.94. The number of methoxy groups -OCH3 is 1. The van der Waals surface area contributed by atoms with Gasteiger partial charge in [0, 0.05) is 13.2 Å². The molecule has 1 aromatic rings. The molecule has 0 aliphatic rings. The van der Waals surface area contributed by atoms with Gasteiger partial charge in [0.25, 0.3) is 0 Å². The van der Waals surface area contributed by atoms with Gasteiger partial charge in [-0.1, -0.05) is 12.1 Å². The third-order valence-electron chi connectivity index (χ3n) is 2.47. The largest absolute Gasteiger partial charge is 0.497 e. The monoisotopic (exact) mass is 273 g/mol. The Morgan fingerprint density at radius 3 is 2.50 bits per heavy atom. The van der Waals surface area contributed by atoms with Crippen molar-refractivity contribution in [2.45, 2.75) is 12.8 Å². The Hall–Kier alpha value is -1.11. The molecule has 0 heterocycles. The Kier molecular flexibility index (Phi) is 6.11. The maximum Gasteiger partial charge on any atom is 0.211 e. The van der Waals surface area contributed by atoms with Crippen molar-refractivity contribution >= 4 is 10.0 Å². The number of sulfonamides is 1. The van der Waals surface area contributed by atoms with Crippen molar-refractivity contribution in [2.75, 3.05) is 26.0 Å². The molecule has 6 heteroatoms. The molecule has 0 atom stereocenters. The Morgan fingerprint density at radius 2 is 1.94 bits per heavy atom. The van der Waals surface area contributed by atoms with Crippen LogP contribution in [0.25, 0.3) is 0 Å². The minimum atomic E-state index is -3.26. The molecule has 1 aromatic carbocycles. The number of hydrogen-bond donors (Lipinski definition) is 2. The smallest absolute Gasteiger partial charge is 0.211 e. The number of nitrogens with one attached hydrogen (secondary N) is 1. The molecule has 0 aromatic heterocycles. The normalized spacial score (nSPS) is 11.4. The molecule has 0 bridgehead atoms. The molecule has 0 saturated heterocycles. The molecule has 0 amide bonds. The highest BCUT2D eigenvalue weighted by Gasteiger charge is 2.08. The van der Waals surface area contributed by atoms with Gasteiger partial charge in [0.15, 0.2) is 0 Å². The van der Waals surface area contributed by atoms with Crippen molar-refractivity contribution in [3.8, 4) is 5.75 Å². The van der Waals surface area contributed by atoms with E-state index in [0.717, 1.165) is 11.3 Å². The lowest BCUT2D eigenvalue weighted by Gasteiger charge is -2.06. The first kappa shape index (κ1) is 14.9. The summed E-state index contributed by atoms with van der Waals surface area (Å²) >= 11 is 0. The zero-order chi connectivity index (χ0) is 13.4. The molecule has 0 saturated carbocycles. The summed E-state index contributed by atoms with van der Waals surface area (Å²) in [6.07, 6.45) is 0.889. The lowest BCUT2D eigenvalue weighted by Crippen LogP contribution is -2.28. The van der Waals surface area contributed by atoms with Crippen LogP contribution >= 0.6 is 0 Å². The number of aliphatic hydroxyl groups excluding tert-OH is 1. The summed E-state index contributed by atoms with van der Waals surface area (Å²) in [4.78, 5) is 0. The molecular formula is C12H19NO4S. The van der Waals surface area contributed by atoms with Crippen LogP contribution in [0.5, 0.6) is 5.75 Å². The number of benzene rings is 1. The van der Waals surface area contributed by atoms with Crippen LogP contribution in [0.3, 0.4) is 0 Å². The van der Waals surface area contributed by atoms with Crippen LogP contribution in [0.4, 0.5) is 0 Å². The standard InChI is InChI=1S/C12H19NO4S/c1-17-12-5-3-11(4-6-12)7-8-13-18(15,16)10-2-9-14/h3-6,13-14H,2,7-10H2,1H3. The average Bonchev–Trinajstić information content (AvgIpc) is 2.37. The number of ether oxygens (including phenoxy) is 1. The van der Waals surface area contributed by atoms with Crippen molar-refractivity contribution in [2.24, 2.45) is 0 Å². The van der Waals surface area contributed by atoms with Gasteiger partial charge in [0.2, 0.25) is 10.0 Å². The Bertz CT molecular complexity index is 442. The Labute approximate surface area is 108 Å². The van der Waals surface area contributed by atoms with Gasteiger partial charge in [-0.3, -0.25) is 0 Å². The van der Waals surface area contributed by atoms with Gasteiger partial charge in [0.1, 0.15) is 5.75 Å². The van der Waals surface area contributed by atoms with E-state index in [1.807, 2.05) is 24.3 Å². The van der Waals surface area contributed by atoms with Gasteiger partial charge < -0.3 is 9.84 Å². The first-order valence-corrected chi connectivity index (χ1v) is 7.44. The Morgan fingerprint density at radius 1 is 1.28 bits per heavy atom. The summed E-state index contributed by atoms with van der Waals surface area (Å²) in [5.41, 5.74) is 1.04. The summed E-state index contributed by atoms with van der Waals surface area (Å²) in [6.45, 7) is 0.249. The van der Waals surface area contributed by atoms with E-state index in [-0.39, 0.29) is 18.8 Å². The summed E-state index contributed by atoms with van der Waals surface area (Å²) < 4.78 is 30.4. The van der Waals surface area contributed by atoms with E-state index in [9.17, 15) is 8.42 Å². The molecule has 1 rings (SSSR count). The second kappa shape index (κ2) is 7.35. The quantitative estimate of drug-likeness (QED) is 0.725. The molecule has 2 N–H and O–H groups in total. The van der Waals surface area contributed by atoms with Crippen molar-refractivity contribution in [3.63, 3.8) is 0 Å². The van der Waals surface area contributed by atoms with Gasteiger partial charge >= 0.3 is 0 Å². The highest BCUT2D eigenvalue weighted by molar-refractivity contribution is 7.89. The molecule has 102 valence electrons. The predicted octanol–water partition coefficient (Wildman–Crippen LogP) is 0.539. The third kappa shape index (κ3) is 5.48. The maximum absolute atomic E-state index is 11.4. The molecule has 0 fully saturated rings. The van der Waals surface area contributed by atoms with Gasteiger partial charge in [-0.2, -0.15) is 0 Å². The summed E-state index contributed by atoms with van der Waals surface area (Å²) in [5.74, 6) is 0.744. The summed E-state index contributed by atoms with van der Waals surface area (Å²) in [5, 5.41) is 8.58. The maximum atomic E-state index is 11.4. The van der Waals surface area contributed by atoms with E-state index in [1.54, 1.807) is 7.11 Å². The molecular weight excluding hydrogens is 254 g/mol. The molecule has 18 heavy (non-hydrogen) atoms. The first-order valence-electron chi connectivity index (χ1n) is 5.78. The van der Waals surface area contributed by atoms with Crippen molar-refractivity contribution in [1.29, 1.82) is 0 Å². The van der Waals surface area contributed by atoms with Crippen LogP contribution in [0.1, 0.15) is 12.0 Å². The van der Waals surface area contributed by atoms with Crippen LogP contribution in [0, 0.1) is 0 Å². The lowest BCUT2D eigenvalue weighted by atomic mass is 10.1. The van der Waals surface area contributed by atoms with E-state index in [2.05, 4.69) is 4.72 Å². The topological polar surface area (TPSA) is 75.6 Å². The van der Waals surface area contributed by atoms with Gasteiger partial charge in [-0.15, -0.1) is 0 Å². The van der Waals surface area contributed by atoms with Crippen LogP contribution in [-0.4, -0.2) is 39.5 Å². The summed E-state index contributed by atoms with van der Waals surface area (Å²) in [7, 11) is -1.66. The van der Waals surface area contributed by atoms with Gasteiger partial charge in [0.05, 0.1) is 12.9 Å². The molecule has 0 unspecified atom stereocenters. The zero-order valence-corrected chi connectivity index (χ0v) is 11.2. The minimum absolute atomic E-state index is 0.0356. The van der Waals surface area contributed by atoms with Crippen LogP contribution in [-0.2, 0) is 16.4 Å². The van der Waals surface area contributed by atoms with E-state index in [4.69, 9.17) is 9.84 Å². The minimum Gasteiger partial charge on any atom is -0.497 e. The second-order valence-electron chi connectivity index (χ2n) is 3.89. The van der Waals surface area contributed by atoms with Crippen LogP contribution in [0.2, 0.25) is 0 Å².